The number of benzene rings is 1. The molecule has 9 nitrogen and oxygen atoms in total. The van der Waals surface area contributed by atoms with Crippen LogP contribution < -0.4 is 5.32 Å². The van der Waals surface area contributed by atoms with E-state index in [1.165, 1.54) is 16.4 Å². The maximum absolute atomic E-state index is 14.9. The first kappa shape index (κ1) is 23.6. The number of nitrogens with zero attached hydrogens (tertiary/aromatic N) is 5. The molecule has 1 saturated carbocycles. The Balaban J connectivity index is 1.36. The molecule has 35 heavy (non-hydrogen) atoms. The van der Waals surface area contributed by atoms with Crippen LogP contribution in [0.1, 0.15) is 54.2 Å². The van der Waals surface area contributed by atoms with Crippen molar-refractivity contribution in [3.05, 3.63) is 59.2 Å². The molecule has 2 aromatic heterocycles. The summed E-state index contributed by atoms with van der Waals surface area (Å²) < 4.78 is 43.6. The fourth-order valence-corrected chi connectivity index (χ4v) is 6.11. The van der Waals surface area contributed by atoms with Crippen molar-refractivity contribution >= 4 is 21.7 Å². The lowest BCUT2D eigenvalue weighted by Gasteiger charge is -2.28. The van der Waals surface area contributed by atoms with Gasteiger partial charge in [0.05, 0.1) is 11.3 Å². The van der Waals surface area contributed by atoms with E-state index in [0.29, 0.717) is 30.0 Å². The molecule has 0 saturated heterocycles. The van der Waals surface area contributed by atoms with Gasteiger partial charge in [-0.2, -0.15) is 4.31 Å². The van der Waals surface area contributed by atoms with E-state index in [-0.39, 0.29) is 35.6 Å². The van der Waals surface area contributed by atoms with Gasteiger partial charge in [0.2, 0.25) is 10.0 Å². The van der Waals surface area contributed by atoms with Crippen LogP contribution in [0, 0.1) is 11.7 Å². The lowest BCUT2D eigenvalue weighted by Crippen LogP contribution is -2.38. The second-order valence-electron chi connectivity index (χ2n) is 9.42. The minimum absolute atomic E-state index is 0.122. The van der Waals surface area contributed by atoms with Crippen molar-refractivity contribution in [1.29, 1.82) is 0 Å². The maximum Gasteiger partial charge on any atom is 0.259 e. The van der Waals surface area contributed by atoms with Crippen molar-refractivity contribution in [2.24, 2.45) is 5.92 Å². The molecular weight excluding hydrogens is 471 g/mol. The molecule has 0 spiro atoms. The Morgan fingerprint density at radius 3 is 2.77 bits per heavy atom. The van der Waals surface area contributed by atoms with Crippen molar-refractivity contribution < 1.29 is 17.6 Å². The average Bonchev–Trinajstić information content (AvgIpc) is 3.47. The van der Waals surface area contributed by atoms with Gasteiger partial charge in [0, 0.05) is 19.1 Å². The lowest BCUT2D eigenvalue weighted by molar-refractivity contribution is 0.102. The van der Waals surface area contributed by atoms with Gasteiger partial charge in [-0.15, -0.1) is 10.2 Å². The number of carbonyl (C=O) groups excluding carboxylic acids is 1. The van der Waals surface area contributed by atoms with Gasteiger partial charge in [-0.3, -0.25) is 4.79 Å². The Bertz CT molecular complexity index is 1380. The molecule has 1 fully saturated rings. The third-order valence-electron chi connectivity index (χ3n) is 6.40. The van der Waals surface area contributed by atoms with Crippen LogP contribution in [0.15, 0.2) is 36.7 Å². The molecule has 1 N–H and O–H groups in total. The largest absolute Gasteiger partial charge is 0.310 e. The summed E-state index contributed by atoms with van der Waals surface area (Å²) in [7, 11) is -3.37. The summed E-state index contributed by atoms with van der Waals surface area (Å²) in [6.45, 7) is 4.46. The number of halogens is 1. The molecule has 1 amide bonds. The van der Waals surface area contributed by atoms with E-state index in [4.69, 9.17) is 0 Å². The highest BCUT2D eigenvalue weighted by Gasteiger charge is 2.34. The highest BCUT2D eigenvalue weighted by molar-refractivity contribution is 7.89. The van der Waals surface area contributed by atoms with Gasteiger partial charge in [0.25, 0.3) is 5.91 Å². The Labute approximate surface area is 203 Å². The van der Waals surface area contributed by atoms with E-state index in [9.17, 15) is 17.6 Å². The van der Waals surface area contributed by atoms with Gasteiger partial charge in [-0.05, 0) is 74.4 Å². The molecular formula is C24H27FN6O3S. The number of amides is 1. The van der Waals surface area contributed by atoms with Gasteiger partial charge < -0.3 is 9.88 Å². The SMILES string of the molecule is CC(C)n1cnnc1-c1cccc(NC(=O)c2cc3c(cc2F)CCN(S(=O)(=O)CC2CC2)C3)n1. The van der Waals surface area contributed by atoms with Crippen LogP contribution in [-0.2, 0) is 23.0 Å². The predicted molar refractivity (Wildman–Crippen MR) is 129 cm³/mol. The molecule has 0 atom stereocenters. The number of carbonyl (C=O) groups is 1. The number of nitrogens with one attached hydrogen (secondary N) is 1. The smallest absolute Gasteiger partial charge is 0.259 e. The van der Waals surface area contributed by atoms with Gasteiger partial charge in [0.1, 0.15) is 23.7 Å². The molecule has 2 aliphatic rings. The van der Waals surface area contributed by atoms with Crippen LogP contribution >= 0.6 is 0 Å². The normalized spacial score (nSPS) is 16.3. The molecule has 1 aromatic carbocycles. The van der Waals surface area contributed by atoms with Crippen molar-refractivity contribution in [3.8, 4) is 11.5 Å². The number of pyridine rings is 1. The van der Waals surface area contributed by atoms with Crippen LogP contribution in [-0.4, -0.2) is 50.7 Å². The van der Waals surface area contributed by atoms with Crippen LogP contribution in [0.3, 0.4) is 0 Å². The lowest BCUT2D eigenvalue weighted by atomic mass is 9.97. The summed E-state index contributed by atoms with van der Waals surface area (Å²) in [6.07, 6.45) is 3.93. The number of sulfonamides is 1. The van der Waals surface area contributed by atoms with E-state index >= 15 is 0 Å². The van der Waals surface area contributed by atoms with Crippen molar-refractivity contribution in [2.45, 2.75) is 45.7 Å². The van der Waals surface area contributed by atoms with Crippen molar-refractivity contribution in [1.82, 2.24) is 24.1 Å². The number of anilines is 1. The minimum Gasteiger partial charge on any atom is -0.310 e. The van der Waals surface area contributed by atoms with Crippen molar-refractivity contribution in [3.63, 3.8) is 0 Å². The molecule has 3 heterocycles. The molecule has 11 heteroatoms. The summed E-state index contributed by atoms with van der Waals surface area (Å²) >= 11 is 0. The highest BCUT2D eigenvalue weighted by Crippen LogP contribution is 2.33. The quantitative estimate of drug-likeness (QED) is 0.535. The molecule has 1 aliphatic heterocycles. The second-order valence-corrected chi connectivity index (χ2v) is 11.4. The molecule has 0 unspecified atom stereocenters. The number of hydrogen-bond acceptors (Lipinski definition) is 6. The monoisotopic (exact) mass is 498 g/mol. The summed E-state index contributed by atoms with van der Waals surface area (Å²) in [4.78, 5) is 17.4. The van der Waals surface area contributed by atoms with Gasteiger partial charge >= 0.3 is 0 Å². The highest BCUT2D eigenvalue weighted by atomic mass is 32.2. The van der Waals surface area contributed by atoms with Gasteiger partial charge in [-0.25, -0.2) is 17.8 Å². The van der Waals surface area contributed by atoms with Crippen LogP contribution in [0.25, 0.3) is 11.5 Å². The topological polar surface area (TPSA) is 110 Å². The van der Waals surface area contributed by atoms with Crippen LogP contribution in [0.5, 0.6) is 0 Å². The summed E-state index contributed by atoms with van der Waals surface area (Å²) in [5.74, 6) is -0.0955. The zero-order chi connectivity index (χ0) is 24.7. The third kappa shape index (κ3) is 4.96. The Hall–Kier alpha value is -3.18. The maximum atomic E-state index is 14.9. The van der Waals surface area contributed by atoms with E-state index in [1.807, 2.05) is 18.4 Å². The zero-order valence-electron chi connectivity index (χ0n) is 19.6. The zero-order valence-corrected chi connectivity index (χ0v) is 20.4. The fourth-order valence-electron chi connectivity index (χ4n) is 4.27. The molecule has 0 radical (unpaired) electrons. The number of rotatable bonds is 7. The number of hydrogen-bond donors (Lipinski definition) is 1. The first-order valence-electron chi connectivity index (χ1n) is 11.7. The standard InChI is InChI=1S/C24H27FN6O3S/c1-15(2)31-14-26-29-23(31)21-4-3-5-22(27-21)28-24(32)19-10-18-12-30(9-8-17(18)11-20(19)25)35(33,34)13-16-6-7-16/h3-5,10-11,14-16H,6-9,12-13H2,1-2H3,(H,27,28,32). The predicted octanol–water partition coefficient (Wildman–Crippen LogP) is 3.41. The molecule has 3 aromatic rings. The Morgan fingerprint density at radius 1 is 1.23 bits per heavy atom. The van der Waals surface area contributed by atoms with Crippen LogP contribution in [0.4, 0.5) is 10.2 Å². The van der Waals surface area contributed by atoms with E-state index in [0.717, 1.165) is 18.4 Å². The Morgan fingerprint density at radius 2 is 2.03 bits per heavy atom. The third-order valence-corrected chi connectivity index (χ3v) is 8.39. The first-order chi connectivity index (χ1) is 16.7. The number of aromatic nitrogens is 4. The fraction of sp³-hybridized carbons (Fsp3) is 0.417. The molecule has 1 aliphatic carbocycles. The van der Waals surface area contributed by atoms with E-state index in [1.54, 1.807) is 24.5 Å². The molecule has 0 bridgehead atoms. The van der Waals surface area contributed by atoms with E-state index < -0.39 is 21.7 Å². The van der Waals surface area contributed by atoms with Crippen LogP contribution in [0.2, 0.25) is 0 Å². The van der Waals surface area contributed by atoms with Gasteiger partial charge in [0.15, 0.2) is 5.82 Å². The Kier molecular flexibility index (Phi) is 6.14. The van der Waals surface area contributed by atoms with Crippen molar-refractivity contribution in [2.75, 3.05) is 17.6 Å². The molecule has 184 valence electrons. The van der Waals surface area contributed by atoms with Gasteiger partial charge in [-0.1, -0.05) is 6.07 Å². The number of fused-ring (bicyclic) bond motifs is 1. The summed E-state index contributed by atoms with van der Waals surface area (Å²) in [5.41, 5.74) is 1.75. The second kappa shape index (κ2) is 9.12. The molecule has 5 rings (SSSR count). The summed E-state index contributed by atoms with van der Waals surface area (Å²) in [6, 6.07) is 8.01. The summed E-state index contributed by atoms with van der Waals surface area (Å²) in [5, 5.41) is 10.7. The first-order valence-corrected chi connectivity index (χ1v) is 13.3. The minimum atomic E-state index is -3.37. The average molecular weight is 499 g/mol. The van der Waals surface area contributed by atoms with E-state index in [2.05, 4.69) is 20.5 Å².